The van der Waals surface area contributed by atoms with Crippen molar-refractivity contribution in [3.05, 3.63) is 29.6 Å². The number of hydrogen-bond acceptors (Lipinski definition) is 2. The molecule has 16 heavy (non-hydrogen) atoms. The van der Waals surface area contributed by atoms with Crippen LogP contribution >= 0.6 is 0 Å². The van der Waals surface area contributed by atoms with Gasteiger partial charge in [-0.05, 0) is 12.1 Å². The van der Waals surface area contributed by atoms with Crippen LogP contribution in [0.4, 0.5) is 8.78 Å². The van der Waals surface area contributed by atoms with Gasteiger partial charge < -0.3 is 10.3 Å². The Morgan fingerprint density at radius 2 is 2.25 bits per heavy atom. The second-order valence-corrected chi connectivity index (χ2v) is 3.20. The number of carbonyl (C=O) groups is 1. The van der Waals surface area contributed by atoms with Gasteiger partial charge in [0, 0.05) is 7.05 Å². The molecule has 0 fully saturated rings. The van der Waals surface area contributed by atoms with E-state index in [0.717, 1.165) is 0 Å². The number of rotatable bonds is 2. The third-order valence-corrected chi connectivity index (χ3v) is 2.21. The molecule has 0 saturated carbocycles. The first-order chi connectivity index (χ1) is 7.63. The van der Waals surface area contributed by atoms with E-state index in [0.29, 0.717) is 5.52 Å². The number of benzene rings is 1. The second-order valence-electron chi connectivity index (χ2n) is 3.20. The maximum absolute atomic E-state index is 12.4. The minimum absolute atomic E-state index is 0.261. The Labute approximate surface area is 89.7 Å². The summed E-state index contributed by atoms with van der Waals surface area (Å²) in [5.74, 6) is -0.774. The van der Waals surface area contributed by atoms with E-state index in [2.05, 4.69) is 15.3 Å². The number of carbonyl (C=O) groups excluding carboxylic acids is 1. The fourth-order valence-corrected chi connectivity index (χ4v) is 1.47. The summed E-state index contributed by atoms with van der Waals surface area (Å²) in [6.45, 7) is 0. The molecule has 1 amide bonds. The van der Waals surface area contributed by atoms with Crippen LogP contribution in [0, 0.1) is 0 Å². The Bertz CT molecular complexity index is 536. The molecule has 0 spiro atoms. The number of H-pyrrole nitrogens is 1. The number of aromatic amines is 1. The molecule has 0 aliphatic rings. The molecule has 0 aliphatic carbocycles. The van der Waals surface area contributed by atoms with E-state index in [-0.39, 0.29) is 17.0 Å². The summed E-state index contributed by atoms with van der Waals surface area (Å²) < 4.78 is 24.9. The van der Waals surface area contributed by atoms with Crippen molar-refractivity contribution in [3.8, 4) is 0 Å². The highest BCUT2D eigenvalue weighted by molar-refractivity contribution is 6.04. The highest BCUT2D eigenvalue weighted by Crippen LogP contribution is 2.22. The topological polar surface area (TPSA) is 57.8 Å². The van der Waals surface area contributed by atoms with Gasteiger partial charge in [0.2, 0.25) is 0 Å². The molecule has 2 N–H and O–H groups in total. The van der Waals surface area contributed by atoms with E-state index < -0.39 is 12.2 Å². The Hall–Kier alpha value is -1.98. The van der Waals surface area contributed by atoms with Crippen molar-refractivity contribution in [1.82, 2.24) is 15.3 Å². The summed E-state index contributed by atoms with van der Waals surface area (Å²) in [5.41, 5.74) is 0.969. The van der Waals surface area contributed by atoms with Crippen molar-refractivity contribution < 1.29 is 13.6 Å². The van der Waals surface area contributed by atoms with Gasteiger partial charge in [-0.3, -0.25) is 4.79 Å². The van der Waals surface area contributed by atoms with E-state index in [1.54, 1.807) is 12.1 Å². The lowest BCUT2D eigenvalue weighted by atomic mass is 10.2. The van der Waals surface area contributed by atoms with Crippen molar-refractivity contribution >= 4 is 16.9 Å². The second kappa shape index (κ2) is 3.88. The van der Waals surface area contributed by atoms with Crippen molar-refractivity contribution in [1.29, 1.82) is 0 Å². The Kier molecular flexibility index (Phi) is 2.55. The smallest absolute Gasteiger partial charge is 0.295 e. The summed E-state index contributed by atoms with van der Waals surface area (Å²) >= 11 is 0. The van der Waals surface area contributed by atoms with E-state index in [4.69, 9.17) is 0 Å². The molecular weight excluding hydrogens is 216 g/mol. The Morgan fingerprint density at radius 1 is 1.50 bits per heavy atom. The van der Waals surface area contributed by atoms with Crippen LogP contribution in [0.2, 0.25) is 0 Å². The molecule has 6 heteroatoms. The molecule has 1 heterocycles. The van der Waals surface area contributed by atoms with E-state index in [1.165, 1.54) is 13.1 Å². The van der Waals surface area contributed by atoms with Gasteiger partial charge in [0.05, 0.1) is 11.1 Å². The molecular formula is C10H9F2N3O. The lowest BCUT2D eigenvalue weighted by Crippen LogP contribution is -2.18. The van der Waals surface area contributed by atoms with Crippen LogP contribution < -0.4 is 5.32 Å². The predicted molar refractivity (Wildman–Crippen MR) is 54.4 cm³/mol. The van der Waals surface area contributed by atoms with E-state index >= 15 is 0 Å². The average Bonchev–Trinajstić information content (AvgIpc) is 2.71. The van der Waals surface area contributed by atoms with Crippen LogP contribution in [-0.4, -0.2) is 22.9 Å². The maximum atomic E-state index is 12.4. The predicted octanol–water partition coefficient (Wildman–Crippen LogP) is 1.86. The standard InChI is InChI=1S/C10H9F2N3O/c1-13-10(16)5-3-2-4-6-7(5)15-9(14-6)8(11)12/h2-4,8H,1H3,(H,13,16)(H,14,15). The van der Waals surface area contributed by atoms with Crippen molar-refractivity contribution in [2.24, 2.45) is 0 Å². The largest absolute Gasteiger partial charge is 0.355 e. The summed E-state index contributed by atoms with van der Waals surface area (Å²) in [7, 11) is 1.47. The molecule has 2 rings (SSSR count). The van der Waals surface area contributed by atoms with Crippen LogP contribution in [0.5, 0.6) is 0 Å². The van der Waals surface area contributed by atoms with Crippen molar-refractivity contribution in [3.63, 3.8) is 0 Å². The van der Waals surface area contributed by atoms with E-state index in [1.807, 2.05) is 0 Å². The highest BCUT2D eigenvalue weighted by Gasteiger charge is 2.16. The number of amides is 1. The number of alkyl halides is 2. The Morgan fingerprint density at radius 3 is 2.88 bits per heavy atom. The third kappa shape index (κ3) is 1.62. The monoisotopic (exact) mass is 225 g/mol. The number of para-hydroxylation sites is 1. The number of aromatic nitrogens is 2. The third-order valence-electron chi connectivity index (χ3n) is 2.21. The van der Waals surface area contributed by atoms with Gasteiger partial charge in [0.1, 0.15) is 5.52 Å². The van der Waals surface area contributed by atoms with Gasteiger partial charge in [0.15, 0.2) is 5.82 Å². The van der Waals surface area contributed by atoms with E-state index in [9.17, 15) is 13.6 Å². The molecule has 4 nitrogen and oxygen atoms in total. The first kappa shape index (κ1) is 10.5. The SMILES string of the molecule is CNC(=O)c1cccc2[nH]c(C(F)F)nc12. The minimum Gasteiger partial charge on any atom is -0.355 e. The normalized spacial score (nSPS) is 11.0. The molecule has 0 unspecified atom stereocenters. The molecule has 0 radical (unpaired) electrons. The lowest BCUT2D eigenvalue weighted by Gasteiger charge is -1.99. The molecule has 1 aromatic heterocycles. The average molecular weight is 225 g/mol. The number of imidazole rings is 1. The summed E-state index contributed by atoms with van der Waals surface area (Å²) in [5, 5.41) is 2.43. The first-order valence-corrected chi connectivity index (χ1v) is 4.62. The molecule has 0 bridgehead atoms. The highest BCUT2D eigenvalue weighted by atomic mass is 19.3. The van der Waals surface area contributed by atoms with Crippen LogP contribution in [0.25, 0.3) is 11.0 Å². The zero-order valence-electron chi connectivity index (χ0n) is 8.42. The fourth-order valence-electron chi connectivity index (χ4n) is 1.47. The van der Waals surface area contributed by atoms with Crippen molar-refractivity contribution in [2.45, 2.75) is 6.43 Å². The summed E-state index contributed by atoms with van der Waals surface area (Å²) in [4.78, 5) is 17.6. The molecule has 0 saturated heterocycles. The van der Waals surface area contributed by atoms with Crippen LogP contribution in [0.15, 0.2) is 18.2 Å². The lowest BCUT2D eigenvalue weighted by molar-refractivity contribution is 0.0964. The number of halogens is 2. The zero-order valence-corrected chi connectivity index (χ0v) is 8.42. The zero-order chi connectivity index (χ0) is 11.7. The van der Waals surface area contributed by atoms with Gasteiger partial charge in [-0.1, -0.05) is 6.07 Å². The summed E-state index contributed by atoms with van der Waals surface area (Å²) in [6.07, 6.45) is -2.68. The van der Waals surface area contributed by atoms with Gasteiger partial charge in [0.25, 0.3) is 12.3 Å². The summed E-state index contributed by atoms with van der Waals surface area (Å²) in [6, 6.07) is 4.75. The molecule has 84 valence electrons. The number of nitrogens with zero attached hydrogens (tertiary/aromatic N) is 1. The van der Waals surface area contributed by atoms with Gasteiger partial charge >= 0.3 is 0 Å². The van der Waals surface area contributed by atoms with Gasteiger partial charge in [-0.2, -0.15) is 0 Å². The van der Waals surface area contributed by atoms with Gasteiger partial charge in [-0.25, -0.2) is 13.8 Å². The minimum atomic E-state index is -2.68. The number of hydrogen-bond donors (Lipinski definition) is 2. The van der Waals surface area contributed by atoms with Gasteiger partial charge in [-0.15, -0.1) is 0 Å². The fraction of sp³-hybridized carbons (Fsp3) is 0.200. The van der Waals surface area contributed by atoms with Crippen molar-refractivity contribution in [2.75, 3.05) is 7.05 Å². The maximum Gasteiger partial charge on any atom is 0.295 e. The quantitative estimate of drug-likeness (QED) is 0.819. The van der Waals surface area contributed by atoms with Crippen LogP contribution in [0.3, 0.4) is 0 Å². The number of nitrogens with one attached hydrogen (secondary N) is 2. The van der Waals surface area contributed by atoms with Crippen LogP contribution in [0.1, 0.15) is 22.6 Å². The molecule has 0 aliphatic heterocycles. The first-order valence-electron chi connectivity index (χ1n) is 4.62. The molecule has 2 aromatic rings. The Balaban J connectivity index is 2.63. The molecule has 1 aromatic carbocycles. The number of fused-ring (bicyclic) bond motifs is 1. The molecule has 0 atom stereocenters. The van der Waals surface area contributed by atoms with Crippen LogP contribution in [-0.2, 0) is 0 Å².